The summed E-state index contributed by atoms with van der Waals surface area (Å²) in [7, 11) is 0. The van der Waals surface area contributed by atoms with Crippen molar-refractivity contribution in [2.75, 3.05) is 17.8 Å². The number of aromatic carboxylic acids is 1. The van der Waals surface area contributed by atoms with Crippen LogP contribution in [0.25, 0.3) is 0 Å². The zero-order chi connectivity index (χ0) is 14.1. The molecule has 7 heteroatoms. The fourth-order valence-corrected chi connectivity index (χ4v) is 1.81. The van der Waals surface area contributed by atoms with Crippen LogP contribution in [0.2, 0.25) is 0 Å². The van der Waals surface area contributed by atoms with E-state index >= 15 is 0 Å². The van der Waals surface area contributed by atoms with Crippen LogP contribution in [0, 0.1) is 0 Å². The Morgan fingerprint density at radius 2 is 2.10 bits per heavy atom. The molecule has 1 aliphatic heterocycles. The normalized spacial score (nSPS) is 12.2. The number of carboxylic acid groups (broad SMARTS) is 1. The minimum atomic E-state index is -1.07. The number of benzene rings is 1. The molecule has 0 bridgehead atoms. The van der Waals surface area contributed by atoms with Gasteiger partial charge in [-0.15, -0.1) is 0 Å². The van der Waals surface area contributed by atoms with Gasteiger partial charge >= 0.3 is 5.97 Å². The average molecular weight is 273 g/mol. The molecule has 1 aliphatic rings. The van der Waals surface area contributed by atoms with E-state index in [1.807, 2.05) is 0 Å². The maximum Gasteiger partial charge on any atom is 0.337 e. The smallest absolute Gasteiger partial charge is 0.337 e. The zero-order valence-electron chi connectivity index (χ0n) is 10.3. The molecule has 7 nitrogen and oxygen atoms in total. The summed E-state index contributed by atoms with van der Waals surface area (Å²) < 4.78 is 10.5. The van der Waals surface area contributed by atoms with Crippen molar-refractivity contribution in [2.45, 2.75) is 0 Å². The second kappa shape index (κ2) is 4.61. The summed E-state index contributed by atoms with van der Waals surface area (Å²) >= 11 is 0. The lowest BCUT2D eigenvalue weighted by atomic mass is 10.2. The van der Waals surface area contributed by atoms with Gasteiger partial charge < -0.3 is 25.6 Å². The van der Waals surface area contributed by atoms with Gasteiger partial charge in [-0.2, -0.15) is 0 Å². The average Bonchev–Trinajstić information content (AvgIpc) is 2.88. The molecule has 3 rings (SSSR count). The number of nitrogens with zero attached hydrogens (tertiary/aromatic N) is 1. The summed E-state index contributed by atoms with van der Waals surface area (Å²) in [5, 5.41) is 11.9. The first-order chi connectivity index (χ1) is 9.63. The fourth-order valence-electron chi connectivity index (χ4n) is 1.81. The molecule has 0 saturated heterocycles. The van der Waals surface area contributed by atoms with E-state index in [0.29, 0.717) is 17.3 Å². The summed E-state index contributed by atoms with van der Waals surface area (Å²) in [4.78, 5) is 14.8. The van der Waals surface area contributed by atoms with Crippen molar-refractivity contribution in [1.82, 2.24) is 4.98 Å². The number of aromatic nitrogens is 1. The third kappa shape index (κ3) is 2.16. The lowest BCUT2D eigenvalue weighted by molar-refractivity contribution is 0.0696. The number of fused-ring (bicyclic) bond motifs is 1. The predicted molar refractivity (Wildman–Crippen MR) is 71.5 cm³/mol. The van der Waals surface area contributed by atoms with E-state index < -0.39 is 5.97 Å². The fraction of sp³-hybridized carbons (Fsp3) is 0.0769. The quantitative estimate of drug-likeness (QED) is 0.783. The predicted octanol–water partition coefficient (Wildman–Crippen LogP) is 1.83. The van der Waals surface area contributed by atoms with Crippen LogP contribution in [0.5, 0.6) is 11.5 Å². The summed E-state index contributed by atoms with van der Waals surface area (Å²) in [5.41, 5.74) is 6.79. The van der Waals surface area contributed by atoms with Gasteiger partial charge in [0, 0.05) is 18.0 Å². The standard InChI is InChI=1S/C13H11N3O4/c14-9-3-7(13(17)18)5-15-12(9)16-8-1-2-10-11(4-8)20-6-19-10/h1-5H,6,14H2,(H,15,16)(H,17,18). The Bertz CT molecular complexity index is 687. The largest absolute Gasteiger partial charge is 0.478 e. The summed E-state index contributed by atoms with van der Waals surface area (Å²) in [6, 6.07) is 6.67. The molecule has 0 saturated carbocycles. The van der Waals surface area contributed by atoms with Crippen LogP contribution >= 0.6 is 0 Å². The minimum Gasteiger partial charge on any atom is -0.478 e. The van der Waals surface area contributed by atoms with Crippen molar-refractivity contribution in [3.8, 4) is 11.5 Å². The number of nitrogens with one attached hydrogen (secondary N) is 1. The van der Waals surface area contributed by atoms with Crippen LogP contribution in [0.4, 0.5) is 17.2 Å². The number of carbonyl (C=O) groups is 1. The molecule has 0 radical (unpaired) electrons. The van der Waals surface area contributed by atoms with Gasteiger partial charge in [-0.1, -0.05) is 0 Å². The molecular formula is C13H11N3O4. The first-order valence-corrected chi connectivity index (χ1v) is 5.79. The summed E-state index contributed by atoms with van der Waals surface area (Å²) in [6.07, 6.45) is 1.24. The molecular weight excluding hydrogens is 262 g/mol. The Hall–Kier alpha value is -2.96. The highest BCUT2D eigenvalue weighted by Gasteiger charge is 2.14. The molecule has 2 aromatic rings. The summed E-state index contributed by atoms with van der Waals surface area (Å²) in [6.45, 7) is 0.201. The van der Waals surface area contributed by atoms with Gasteiger partial charge in [-0.05, 0) is 18.2 Å². The van der Waals surface area contributed by atoms with Crippen molar-refractivity contribution in [3.63, 3.8) is 0 Å². The highest BCUT2D eigenvalue weighted by atomic mass is 16.7. The van der Waals surface area contributed by atoms with Gasteiger partial charge in [0.05, 0.1) is 11.3 Å². The van der Waals surface area contributed by atoms with E-state index in [1.54, 1.807) is 18.2 Å². The van der Waals surface area contributed by atoms with Crippen LogP contribution < -0.4 is 20.5 Å². The number of carboxylic acids is 1. The SMILES string of the molecule is Nc1cc(C(=O)O)cnc1Nc1ccc2c(c1)OCO2. The van der Waals surface area contributed by atoms with Crippen molar-refractivity contribution in [3.05, 3.63) is 36.0 Å². The molecule has 4 N–H and O–H groups in total. The van der Waals surface area contributed by atoms with Gasteiger partial charge in [-0.25, -0.2) is 9.78 Å². The Kier molecular flexibility index (Phi) is 2.79. The van der Waals surface area contributed by atoms with Gasteiger partial charge in [0.15, 0.2) is 17.3 Å². The Morgan fingerprint density at radius 3 is 2.85 bits per heavy atom. The number of ether oxygens (including phenoxy) is 2. The van der Waals surface area contributed by atoms with Gasteiger partial charge in [0.1, 0.15) is 0 Å². The third-order valence-corrected chi connectivity index (χ3v) is 2.80. The number of nitrogens with two attached hydrogens (primary N) is 1. The van der Waals surface area contributed by atoms with Crippen molar-refractivity contribution in [1.29, 1.82) is 0 Å². The van der Waals surface area contributed by atoms with Gasteiger partial charge in [-0.3, -0.25) is 0 Å². The first kappa shape index (κ1) is 12.1. The highest BCUT2D eigenvalue weighted by molar-refractivity contribution is 5.89. The lowest BCUT2D eigenvalue weighted by Crippen LogP contribution is -2.03. The van der Waals surface area contributed by atoms with Crippen LogP contribution in [-0.2, 0) is 0 Å². The topological polar surface area (TPSA) is 107 Å². The lowest BCUT2D eigenvalue weighted by Gasteiger charge is -2.09. The molecule has 20 heavy (non-hydrogen) atoms. The van der Waals surface area contributed by atoms with Crippen LogP contribution in [-0.4, -0.2) is 22.9 Å². The molecule has 0 amide bonds. The van der Waals surface area contributed by atoms with Crippen molar-refractivity contribution in [2.24, 2.45) is 0 Å². The maximum absolute atomic E-state index is 10.8. The van der Waals surface area contributed by atoms with E-state index in [4.69, 9.17) is 20.3 Å². The number of anilines is 3. The number of rotatable bonds is 3. The molecule has 0 atom stereocenters. The van der Waals surface area contributed by atoms with Crippen LogP contribution in [0.3, 0.4) is 0 Å². The third-order valence-electron chi connectivity index (χ3n) is 2.80. The van der Waals surface area contributed by atoms with Gasteiger partial charge in [0.25, 0.3) is 0 Å². The van der Waals surface area contributed by atoms with Crippen LogP contribution in [0.15, 0.2) is 30.5 Å². The van der Waals surface area contributed by atoms with Crippen molar-refractivity contribution >= 4 is 23.2 Å². The molecule has 0 spiro atoms. The number of hydrogen-bond donors (Lipinski definition) is 3. The minimum absolute atomic E-state index is 0.0405. The molecule has 0 unspecified atom stereocenters. The molecule has 1 aromatic heterocycles. The van der Waals surface area contributed by atoms with Crippen LogP contribution in [0.1, 0.15) is 10.4 Å². The molecule has 1 aromatic carbocycles. The number of pyridine rings is 1. The second-order valence-corrected chi connectivity index (χ2v) is 4.16. The Balaban J connectivity index is 1.86. The van der Waals surface area contributed by atoms with E-state index in [0.717, 1.165) is 5.69 Å². The number of nitrogen functional groups attached to an aromatic ring is 1. The zero-order valence-corrected chi connectivity index (χ0v) is 10.3. The van der Waals surface area contributed by atoms with Crippen molar-refractivity contribution < 1.29 is 19.4 Å². The monoisotopic (exact) mass is 273 g/mol. The molecule has 2 heterocycles. The van der Waals surface area contributed by atoms with E-state index in [1.165, 1.54) is 12.3 Å². The first-order valence-electron chi connectivity index (χ1n) is 5.79. The van der Waals surface area contributed by atoms with E-state index in [-0.39, 0.29) is 18.0 Å². The highest BCUT2D eigenvalue weighted by Crippen LogP contribution is 2.35. The Labute approximate surface area is 114 Å². The Morgan fingerprint density at radius 1 is 1.30 bits per heavy atom. The molecule has 0 aliphatic carbocycles. The number of hydrogen-bond acceptors (Lipinski definition) is 6. The van der Waals surface area contributed by atoms with E-state index in [9.17, 15) is 4.79 Å². The maximum atomic E-state index is 10.8. The van der Waals surface area contributed by atoms with E-state index in [2.05, 4.69) is 10.3 Å². The molecule has 0 fully saturated rings. The molecule has 102 valence electrons. The van der Waals surface area contributed by atoms with Gasteiger partial charge in [0.2, 0.25) is 6.79 Å². The summed E-state index contributed by atoms with van der Waals surface area (Å²) in [5.74, 6) is 0.626. The second-order valence-electron chi connectivity index (χ2n) is 4.16.